The summed E-state index contributed by atoms with van der Waals surface area (Å²) in [6, 6.07) is 11.5. The molecule has 4 rings (SSSR count). The number of aromatic nitrogens is 2. The van der Waals surface area contributed by atoms with Crippen molar-refractivity contribution in [2.75, 3.05) is 38.9 Å². The average Bonchev–Trinajstić information content (AvgIpc) is 3.16. The Bertz CT molecular complexity index is 2000. The van der Waals surface area contributed by atoms with Gasteiger partial charge in [-0.1, -0.05) is 92.8 Å². The van der Waals surface area contributed by atoms with Crippen LogP contribution in [0.25, 0.3) is 0 Å². The quantitative estimate of drug-likeness (QED) is 0.0317. The summed E-state index contributed by atoms with van der Waals surface area (Å²) in [6.07, 6.45) is 4.40. The van der Waals surface area contributed by atoms with Crippen LogP contribution in [0.5, 0.6) is 23.3 Å². The Morgan fingerprint density at radius 3 is 1.32 bits per heavy atom. The number of thioether (sulfide) groups is 2. The van der Waals surface area contributed by atoms with Gasteiger partial charge in [-0.25, -0.2) is 9.97 Å². The van der Waals surface area contributed by atoms with Crippen molar-refractivity contribution in [3.8, 4) is 23.3 Å². The van der Waals surface area contributed by atoms with Crippen molar-refractivity contribution in [3.05, 3.63) is 121 Å². The molecule has 0 saturated heterocycles. The summed E-state index contributed by atoms with van der Waals surface area (Å²) in [5.41, 5.74) is -0.218. The molecular weight excluding hydrogens is 980 g/mol. The molecule has 0 aliphatic rings. The minimum absolute atomic E-state index is 0.00557. The van der Waals surface area contributed by atoms with E-state index in [9.17, 15) is 20.2 Å². The van der Waals surface area contributed by atoms with Gasteiger partial charge >= 0.3 is 11.4 Å². The van der Waals surface area contributed by atoms with E-state index in [2.05, 4.69) is 9.97 Å². The maximum atomic E-state index is 12.0. The second-order valence-corrected chi connectivity index (χ2v) is 16.8. The third-order valence-corrected chi connectivity index (χ3v) is 10.9. The second-order valence-electron chi connectivity index (χ2n) is 11.5. The number of nitro groups is 2. The van der Waals surface area contributed by atoms with Gasteiger partial charge in [-0.3, -0.25) is 20.2 Å². The molecule has 23 heteroatoms. The number of rotatable bonds is 22. The molecule has 13 nitrogen and oxygen atoms in total. The predicted molar refractivity (Wildman–Crippen MR) is 236 cm³/mol. The van der Waals surface area contributed by atoms with E-state index in [0.717, 1.165) is 0 Å². The third kappa shape index (κ3) is 14.7. The molecule has 0 radical (unpaired) electrons. The predicted octanol–water partition coefficient (Wildman–Crippen LogP) is 13.5. The Balaban J connectivity index is 1.63. The van der Waals surface area contributed by atoms with Gasteiger partial charge in [0.2, 0.25) is 0 Å². The van der Waals surface area contributed by atoms with Gasteiger partial charge in [0.15, 0.2) is 0 Å². The normalized spacial score (nSPS) is 12.0. The van der Waals surface area contributed by atoms with Gasteiger partial charge in [0.05, 0.1) is 43.2 Å². The van der Waals surface area contributed by atoms with Crippen LogP contribution in [0.3, 0.4) is 0 Å². The molecular formula is C36H30Cl8N4O9S2. The SMILES string of the molecule is CSc1ccc([N+](=O)[O-])c(OC(CCOCCC(Oc2nc(SC)ccc2[N+](=O)[O-])c2c(Cl)cc(OCC=C(Cl)Cl)cc2Cl)c2c(Cl)cc(OCC=C(Cl)Cl)cc2Cl)n1. The fourth-order valence-electron chi connectivity index (χ4n) is 5.09. The summed E-state index contributed by atoms with van der Waals surface area (Å²) in [7, 11) is 0. The molecule has 0 bridgehead atoms. The monoisotopic (exact) mass is 1010 g/mol. The highest BCUT2D eigenvalue weighted by Gasteiger charge is 2.29. The zero-order chi connectivity index (χ0) is 43.2. The molecule has 0 spiro atoms. The molecule has 0 saturated carbocycles. The molecule has 0 amide bonds. The van der Waals surface area contributed by atoms with Crippen LogP contribution in [0.2, 0.25) is 20.1 Å². The van der Waals surface area contributed by atoms with E-state index in [4.69, 9.17) is 116 Å². The highest BCUT2D eigenvalue weighted by molar-refractivity contribution is 7.98. The highest BCUT2D eigenvalue weighted by Crippen LogP contribution is 2.42. The molecule has 316 valence electrons. The van der Waals surface area contributed by atoms with Crippen LogP contribution in [-0.4, -0.2) is 58.8 Å². The van der Waals surface area contributed by atoms with Crippen LogP contribution in [0.4, 0.5) is 11.4 Å². The van der Waals surface area contributed by atoms with E-state index in [1.165, 1.54) is 84.2 Å². The van der Waals surface area contributed by atoms with Gasteiger partial charge < -0.3 is 23.7 Å². The third-order valence-electron chi connectivity index (χ3n) is 7.72. The molecule has 0 aliphatic carbocycles. The molecule has 2 atom stereocenters. The number of benzene rings is 2. The lowest BCUT2D eigenvalue weighted by atomic mass is 10.1. The number of ether oxygens (including phenoxy) is 5. The van der Waals surface area contributed by atoms with Crippen molar-refractivity contribution in [2.24, 2.45) is 0 Å². The first-order valence-corrected chi connectivity index (χ1v) is 22.1. The molecule has 2 aromatic heterocycles. The van der Waals surface area contributed by atoms with E-state index in [0.29, 0.717) is 10.1 Å². The van der Waals surface area contributed by atoms with Gasteiger partial charge in [0, 0.05) is 36.1 Å². The lowest BCUT2D eigenvalue weighted by molar-refractivity contribution is -0.386. The van der Waals surface area contributed by atoms with E-state index in [1.54, 1.807) is 12.5 Å². The van der Waals surface area contributed by atoms with Crippen LogP contribution >= 0.6 is 116 Å². The Hall–Kier alpha value is -2.80. The van der Waals surface area contributed by atoms with E-state index < -0.39 is 22.1 Å². The maximum Gasteiger partial charge on any atom is 0.331 e. The van der Waals surface area contributed by atoms with E-state index in [1.807, 2.05) is 0 Å². The molecule has 2 unspecified atom stereocenters. The Labute approximate surface area is 386 Å². The first kappa shape index (κ1) is 48.9. The summed E-state index contributed by atoms with van der Waals surface area (Å²) in [6.45, 7) is -0.00948. The van der Waals surface area contributed by atoms with Crippen molar-refractivity contribution in [1.82, 2.24) is 9.97 Å². The van der Waals surface area contributed by atoms with Crippen LogP contribution in [0.15, 0.2) is 79.7 Å². The zero-order valence-electron chi connectivity index (χ0n) is 30.5. The molecule has 0 N–H and O–H groups in total. The van der Waals surface area contributed by atoms with E-state index in [-0.39, 0.29) is 114 Å². The minimum atomic E-state index is -1.03. The maximum absolute atomic E-state index is 12.0. The molecule has 0 fully saturated rings. The Morgan fingerprint density at radius 1 is 0.661 bits per heavy atom. The first-order chi connectivity index (χ1) is 28.1. The van der Waals surface area contributed by atoms with Crippen molar-refractivity contribution in [1.29, 1.82) is 0 Å². The van der Waals surface area contributed by atoms with Crippen molar-refractivity contribution in [2.45, 2.75) is 35.1 Å². The van der Waals surface area contributed by atoms with Crippen molar-refractivity contribution in [3.63, 3.8) is 0 Å². The van der Waals surface area contributed by atoms with Gasteiger partial charge in [-0.2, -0.15) is 0 Å². The zero-order valence-corrected chi connectivity index (χ0v) is 38.2. The molecule has 2 heterocycles. The highest BCUT2D eigenvalue weighted by atomic mass is 35.5. The van der Waals surface area contributed by atoms with Gasteiger partial charge in [-0.15, -0.1) is 23.5 Å². The minimum Gasteiger partial charge on any atom is -0.489 e. The fraction of sp³-hybridized carbons (Fsp3) is 0.278. The van der Waals surface area contributed by atoms with Crippen LogP contribution in [0.1, 0.15) is 36.2 Å². The summed E-state index contributed by atoms with van der Waals surface area (Å²) >= 11 is 52.2. The van der Waals surface area contributed by atoms with Gasteiger partial charge in [-0.05, 0) is 61.1 Å². The summed E-state index contributed by atoms with van der Waals surface area (Å²) in [5.74, 6) is 0.0371. The van der Waals surface area contributed by atoms with Gasteiger partial charge in [0.1, 0.15) is 56.0 Å². The summed E-state index contributed by atoms with van der Waals surface area (Å²) in [4.78, 5) is 31.4. The average molecular weight is 1010 g/mol. The van der Waals surface area contributed by atoms with Gasteiger partial charge in [0.25, 0.3) is 11.8 Å². The van der Waals surface area contributed by atoms with E-state index >= 15 is 0 Å². The Morgan fingerprint density at radius 2 is 1.02 bits per heavy atom. The fourth-order valence-corrected chi connectivity index (χ4v) is 7.52. The first-order valence-electron chi connectivity index (χ1n) is 16.7. The number of halogens is 8. The molecule has 2 aromatic carbocycles. The van der Waals surface area contributed by atoms with Crippen molar-refractivity contribution < 1.29 is 33.5 Å². The number of nitrogens with zero attached hydrogens (tertiary/aromatic N) is 4. The second kappa shape index (κ2) is 24.0. The van der Waals surface area contributed by atoms with Crippen molar-refractivity contribution >= 4 is 128 Å². The lowest BCUT2D eigenvalue weighted by Crippen LogP contribution is -2.16. The molecule has 59 heavy (non-hydrogen) atoms. The molecule has 4 aromatic rings. The summed E-state index contributed by atoms with van der Waals surface area (Å²) in [5, 5.41) is 25.4. The number of hydrogen-bond acceptors (Lipinski definition) is 13. The smallest absolute Gasteiger partial charge is 0.331 e. The van der Waals surface area contributed by atoms with Crippen LogP contribution in [0, 0.1) is 20.2 Å². The summed E-state index contributed by atoms with van der Waals surface area (Å²) < 4.78 is 29.7. The number of hydrogen-bond donors (Lipinski definition) is 0. The number of pyridine rings is 2. The topological polar surface area (TPSA) is 158 Å². The van der Waals surface area contributed by atoms with Crippen LogP contribution in [-0.2, 0) is 4.74 Å². The largest absolute Gasteiger partial charge is 0.489 e. The standard InChI is InChI=1S/C36H30Cl8N4O9S2/c1-58-31-5-3-25(47(49)50)35(45-31)56-27(33-21(37)15-19(16-22(33)38)54-13-9-29(41)42)7-11-53-12-8-28(57-36-26(48(51)52)4-6-32(46-36)59-2)34-23(39)17-20(18-24(34)40)55-14-10-30(43)44/h3-6,9-10,15-18,27-28H,7-8,11-14H2,1-2H3. The lowest BCUT2D eigenvalue weighted by Gasteiger charge is -2.23. The van der Waals surface area contributed by atoms with Crippen LogP contribution < -0.4 is 18.9 Å². The Kier molecular flexibility index (Phi) is 19.9. The molecule has 0 aliphatic heterocycles.